The van der Waals surface area contributed by atoms with Crippen molar-refractivity contribution in [1.82, 2.24) is 0 Å². The first-order valence-corrected chi connectivity index (χ1v) is 8.91. The Balaban J connectivity index is 2.15. The van der Waals surface area contributed by atoms with Crippen LogP contribution in [0.1, 0.15) is 11.1 Å². The van der Waals surface area contributed by atoms with Crippen LogP contribution in [0.15, 0.2) is 42.5 Å². The smallest absolute Gasteiger partial charge is 0.307 e. The van der Waals surface area contributed by atoms with Gasteiger partial charge in [0.15, 0.2) is 9.84 Å². The first-order chi connectivity index (χ1) is 10.8. The van der Waals surface area contributed by atoms with Crippen molar-refractivity contribution in [3.05, 3.63) is 59.4 Å². The van der Waals surface area contributed by atoms with Gasteiger partial charge in [-0.2, -0.15) is 0 Å². The van der Waals surface area contributed by atoms with E-state index >= 15 is 0 Å². The summed E-state index contributed by atoms with van der Waals surface area (Å²) in [5, 5.41) is 5.01. The van der Waals surface area contributed by atoms with E-state index in [2.05, 4.69) is 10.6 Å². The number of carbonyl (C=O) groups is 1. The highest BCUT2D eigenvalue weighted by molar-refractivity contribution is 7.89. The van der Waals surface area contributed by atoms with Crippen molar-refractivity contribution in [3.63, 3.8) is 0 Å². The maximum atomic E-state index is 13.5. The van der Waals surface area contributed by atoms with Crippen molar-refractivity contribution in [3.8, 4) is 0 Å². The van der Waals surface area contributed by atoms with Crippen LogP contribution in [0.2, 0.25) is 0 Å². The molecular formula is C16H17FN2O3S. The molecule has 2 aromatic rings. The molecule has 0 atom stereocenters. The molecule has 0 unspecified atom stereocenters. The highest BCUT2D eigenvalue weighted by atomic mass is 32.2. The number of urea groups is 1. The Kier molecular flexibility index (Phi) is 5.00. The lowest BCUT2D eigenvalue weighted by Crippen LogP contribution is -2.21. The van der Waals surface area contributed by atoms with Gasteiger partial charge >= 0.3 is 6.03 Å². The van der Waals surface area contributed by atoms with Crippen LogP contribution in [0.4, 0.5) is 20.6 Å². The lowest BCUT2D eigenvalue weighted by Gasteiger charge is -2.13. The standard InChI is InChI=1S/C16H17FN2O3S/c1-11-12(10-23(2,21)22)6-5-9-14(11)18-16(20)19-15-8-4-3-7-13(15)17/h3-9H,10H2,1-2H3,(H2,18,19,20). The number of nitrogens with one attached hydrogen (secondary N) is 2. The minimum Gasteiger partial charge on any atom is -0.307 e. The topological polar surface area (TPSA) is 75.3 Å². The molecule has 5 nitrogen and oxygen atoms in total. The molecule has 0 bridgehead atoms. The van der Waals surface area contributed by atoms with Gasteiger partial charge in [-0.1, -0.05) is 24.3 Å². The van der Waals surface area contributed by atoms with Gasteiger partial charge < -0.3 is 10.6 Å². The van der Waals surface area contributed by atoms with Gasteiger partial charge in [-0.25, -0.2) is 17.6 Å². The second-order valence-electron chi connectivity index (χ2n) is 5.22. The number of hydrogen-bond acceptors (Lipinski definition) is 3. The zero-order valence-electron chi connectivity index (χ0n) is 12.8. The molecule has 2 aromatic carbocycles. The Morgan fingerprint density at radius 1 is 1.04 bits per heavy atom. The molecule has 0 aliphatic carbocycles. The van der Waals surface area contributed by atoms with Crippen LogP contribution in [-0.4, -0.2) is 20.7 Å². The Hall–Kier alpha value is -2.41. The SMILES string of the molecule is Cc1c(CS(C)(=O)=O)cccc1NC(=O)Nc1ccccc1F. The number of hydrogen-bond donors (Lipinski definition) is 2. The number of amides is 2. The van der Waals surface area contributed by atoms with Crippen molar-refractivity contribution in [2.45, 2.75) is 12.7 Å². The molecule has 2 N–H and O–H groups in total. The van der Waals surface area contributed by atoms with E-state index in [0.29, 0.717) is 16.8 Å². The lowest BCUT2D eigenvalue weighted by molar-refractivity contribution is 0.262. The quantitative estimate of drug-likeness (QED) is 0.899. The number of carbonyl (C=O) groups excluding carboxylic acids is 1. The molecule has 0 aromatic heterocycles. The van der Waals surface area contributed by atoms with Crippen molar-refractivity contribution in [2.75, 3.05) is 16.9 Å². The second-order valence-corrected chi connectivity index (χ2v) is 7.36. The number of benzene rings is 2. The molecule has 0 fully saturated rings. The number of sulfone groups is 1. The number of anilines is 2. The number of rotatable bonds is 4. The van der Waals surface area contributed by atoms with E-state index in [1.807, 2.05) is 0 Å². The molecule has 0 saturated heterocycles. The molecule has 7 heteroatoms. The summed E-state index contributed by atoms with van der Waals surface area (Å²) in [5.74, 6) is -0.645. The van der Waals surface area contributed by atoms with Crippen molar-refractivity contribution in [1.29, 1.82) is 0 Å². The fraction of sp³-hybridized carbons (Fsp3) is 0.188. The molecular weight excluding hydrogens is 319 g/mol. The Bertz CT molecular complexity index is 835. The summed E-state index contributed by atoms with van der Waals surface area (Å²) in [6.07, 6.45) is 1.15. The predicted molar refractivity (Wildman–Crippen MR) is 88.8 cm³/mol. The van der Waals surface area contributed by atoms with Gasteiger partial charge in [0.1, 0.15) is 5.82 Å². The van der Waals surface area contributed by atoms with Crippen LogP contribution >= 0.6 is 0 Å². The van der Waals surface area contributed by atoms with Crippen LogP contribution in [-0.2, 0) is 15.6 Å². The average Bonchev–Trinajstić information content (AvgIpc) is 2.44. The molecule has 0 spiro atoms. The van der Waals surface area contributed by atoms with Crippen LogP contribution < -0.4 is 10.6 Å². The molecule has 2 rings (SSSR count). The van der Waals surface area contributed by atoms with Gasteiger partial charge in [0, 0.05) is 11.9 Å². The lowest BCUT2D eigenvalue weighted by atomic mass is 10.1. The van der Waals surface area contributed by atoms with Crippen molar-refractivity contribution >= 4 is 27.2 Å². The predicted octanol–water partition coefficient (Wildman–Crippen LogP) is 3.32. The normalized spacial score (nSPS) is 11.1. The molecule has 0 aliphatic heterocycles. The zero-order chi connectivity index (χ0) is 17.0. The van der Waals surface area contributed by atoms with E-state index in [9.17, 15) is 17.6 Å². The van der Waals surface area contributed by atoms with Gasteiger partial charge in [0.25, 0.3) is 0 Å². The monoisotopic (exact) mass is 336 g/mol. The van der Waals surface area contributed by atoms with E-state index in [4.69, 9.17) is 0 Å². The summed E-state index contributed by atoms with van der Waals surface area (Å²) in [4.78, 5) is 12.0. The number of para-hydroxylation sites is 1. The first-order valence-electron chi connectivity index (χ1n) is 6.85. The van der Waals surface area contributed by atoms with Crippen molar-refractivity contribution in [2.24, 2.45) is 0 Å². The van der Waals surface area contributed by atoms with Crippen molar-refractivity contribution < 1.29 is 17.6 Å². The molecule has 0 aliphatic rings. The highest BCUT2D eigenvalue weighted by Gasteiger charge is 2.12. The summed E-state index contributed by atoms with van der Waals surface area (Å²) >= 11 is 0. The Morgan fingerprint density at radius 2 is 1.65 bits per heavy atom. The largest absolute Gasteiger partial charge is 0.323 e. The molecule has 23 heavy (non-hydrogen) atoms. The van der Waals surface area contributed by atoms with E-state index in [0.717, 1.165) is 6.26 Å². The first kappa shape index (κ1) is 17.0. The zero-order valence-corrected chi connectivity index (χ0v) is 13.6. The van der Waals surface area contributed by atoms with Crippen LogP contribution in [0.25, 0.3) is 0 Å². The highest BCUT2D eigenvalue weighted by Crippen LogP contribution is 2.21. The molecule has 0 heterocycles. The fourth-order valence-electron chi connectivity index (χ4n) is 2.10. The summed E-state index contributed by atoms with van der Waals surface area (Å²) in [6, 6.07) is 10.2. The summed E-state index contributed by atoms with van der Waals surface area (Å²) in [5.41, 5.74) is 1.80. The molecule has 122 valence electrons. The Morgan fingerprint density at radius 3 is 2.30 bits per heavy atom. The third-order valence-corrected chi connectivity index (χ3v) is 4.07. The minimum atomic E-state index is -3.18. The van der Waals surface area contributed by atoms with E-state index < -0.39 is 21.7 Å². The molecule has 0 radical (unpaired) electrons. The average molecular weight is 336 g/mol. The van der Waals surface area contributed by atoms with Crippen LogP contribution in [0.5, 0.6) is 0 Å². The summed E-state index contributed by atoms with van der Waals surface area (Å²) in [6.45, 7) is 1.72. The third kappa shape index (κ3) is 4.79. The van der Waals surface area contributed by atoms with Gasteiger partial charge in [0.05, 0.1) is 11.4 Å². The van der Waals surface area contributed by atoms with Crippen LogP contribution in [0, 0.1) is 12.7 Å². The van der Waals surface area contributed by atoms with E-state index in [1.165, 1.54) is 18.2 Å². The fourth-order valence-corrected chi connectivity index (χ4v) is 2.97. The van der Waals surface area contributed by atoms with Crippen LogP contribution in [0.3, 0.4) is 0 Å². The van der Waals surface area contributed by atoms with Gasteiger partial charge in [0.2, 0.25) is 0 Å². The van der Waals surface area contributed by atoms with Gasteiger partial charge in [-0.05, 0) is 36.2 Å². The van der Waals surface area contributed by atoms with E-state index in [-0.39, 0.29) is 11.4 Å². The molecule has 0 saturated carbocycles. The third-order valence-electron chi connectivity index (χ3n) is 3.23. The Labute approximate surface area is 134 Å². The second kappa shape index (κ2) is 6.78. The molecule has 2 amide bonds. The summed E-state index contributed by atoms with van der Waals surface area (Å²) < 4.78 is 36.4. The minimum absolute atomic E-state index is 0.0648. The maximum absolute atomic E-state index is 13.5. The van der Waals surface area contributed by atoms with Gasteiger partial charge in [-0.15, -0.1) is 0 Å². The maximum Gasteiger partial charge on any atom is 0.323 e. The van der Waals surface area contributed by atoms with E-state index in [1.54, 1.807) is 31.2 Å². The van der Waals surface area contributed by atoms with Gasteiger partial charge in [-0.3, -0.25) is 0 Å². The number of halogens is 1. The summed E-state index contributed by atoms with van der Waals surface area (Å²) in [7, 11) is -3.18.